The summed E-state index contributed by atoms with van der Waals surface area (Å²) in [4.78, 5) is 12.5. The Kier molecular flexibility index (Phi) is 5.86. The molecule has 1 aliphatic rings. The average molecular weight is 417 g/mol. The molecule has 0 aromatic carbocycles. The van der Waals surface area contributed by atoms with Crippen LogP contribution in [0.4, 0.5) is 15.3 Å². The quantitative estimate of drug-likeness (QED) is 0.536. The summed E-state index contributed by atoms with van der Waals surface area (Å²) in [5.41, 5.74) is 0. The van der Waals surface area contributed by atoms with Crippen molar-refractivity contribution in [1.82, 2.24) is 14.9 Å². The number of thioether (sulfide) groups is 1. The maximum absolute atomic E-state index is 14.5. The van der Waals surface area contributed by atoms with E-state index in [0.717, 1.165) is 28.1 Å². The summed E-state index contributed by atoms with van der Waals surface area (Å²) in [7, 11) is 0. The van der Waals surface area contributed by atoms with Crippen molar-refractivity contribution in [3.63, 3.8) is 0 Å². The Morgan fingerprint density at radius 2 is 2.19 bits per heavy atom. The molecule has 4 heterocycles. The van der Waals surface area contributed by atoms with Gasteiger partial charge in [-0.2, -0.15) is 0 Å². The van der Waals surface area contributed by atoms with Crippen LogP contribution in [0.25, 0.3) is 0 Å². The largest absolute Gasteiger partial charge is 0.370 e. The Morgan fingerprint density at radius 3 is 2.96 bits per heavy atom. The minimum absolute atomic E-state index is 0.0960. The molecule has 0 saturated carbocycles. The first kappa shape index (κ1) is 18.2. The summed E-state index contributed by atoms with van der Waals surface area (Å²) in [6, 6.07) is 9.82. The molecule has 4 nitrogen and oxygen atoms in total. The number of thiophene rings is 1. The molecule has 3 aromatic rings. The van der Waals surface area contributed by atoms with Crippen molar-refractivity contribution in [3.8, 4) is 0 Å². The number of hydrogen-bond donors (Lipinski definition) is 1. The maximum Gasteiger partial charge on any atom is 0.189 e. The number of hydrogen-bond acceptors (Lipinski definition) is 7. The lowest BCUT2D eigenvalue weighted by Crippen LogP contribution is -2.24. The third kappa shape index (κ3) is 4.97. The number of aromatic nitrogens is 2. The first-order valence-corrected chi connectivity index (χ1v) is 10.9. The summed E-state index contributed by atoms with van der Waals surface area (Å²) in [6.45, 7) is 1.14. The van der Waals surface area contributed by atoms with Gasteiger partial charge in [0.15, 0.2) is 5.13 Å². The first-order valence-electron chi connectivity index (χ1n) is 8.41. The zero-order valence-electron chi connectivity index (χ0n) is 14.3. The van der Waals surface area contributed by atoms with Gasteiger partial charge in [-0.3, -0.25) is 0 Å². The smallest absolute Gasteiger partial charge is 0.189 e. The number of nitrogens with zero attached hydrogens (tertiary/aromatic N) is 3. The van der Waals surface area contributed by atoms with Crippen molar-refractivity contribution in [2.75, 3.05) is 18.4 Å². The van der Waals surface area contributed by atoms with E-state index in [1.807, 2.05) is 41.4 Å². The zero-order valence-corrected chi connectivity index (χ0v) is 16.8. The van der Waals surface area contributed by atoms with Gasteiger partial charge in [0.2, 0.25) is 0 Å². The number of rotatable bonds is 7. The number of allylic oxidation sites excluding steroid dienone is 1. The van der Waals surface area contributed by atoms with E-state index in [-0.39, 0.29) is 5.83 Å². The second-order valence-electron chi connectivity index (χ2n) is 5.81. The predicted octanol–water partition coefficient (Wildman–Crippen LogP) is 5.69. The molecule has 1 N–H and O–H groups in total. The van der Waals surface area contributed by atoms with Crippen LogP contribution >= 0.6 is 34.4 Å². The van der Waals surface area contributed by atoms with Gasteiger partial charge in [-0.15, -0.1) is 11.3 Å². The van der Waals surface area contributed by atoms with Crippen molar-refractivity contribution in [1.29, 1.82) is 0 Å². The predicted molar refractivity (Wildman–Crippen MR) is 112 cm³/mol. The van der Waals surface area contributed by atoms with Gasteiger partial charge >= 0.3 is 0 Å². The van der Waals surface area contributed by atoms with Gasteiger partial charge in [0.1, 0.15) is 11.6 Å². The molecule has 0 atom stereocenters. The van der Waals surface area contributed by atoms with E-state index < -0.39 is 0 Å². The second-order valence-corrected chi connectivity index (χ2v) is 9.22. The molecule has 0 bridgehead atoms. The van der Waals surface area contributed by atoms with E-state index in [1.165, 1.54) is 28.0 Å². The molecule has 0 unspecified atom stereocenters. The van der Waals surface area contributed by atoms with E-state index in [1.54, 1.807) is 23.7 Å². The molecule has 8 heteroatoms. The molecule has 1 aliphatic heterocycles. The zero-order chi connectivity index (χ0) is 18.5. The molecule has 0 saturated heterocycles. The highest BCUT2D eigenvalue weighted by Crippen LogP contribution is 2.37. The van der Waals surface area contributed by atoms with Gasteiger partial charge in [0.05, 0.1) is 17.0 Å². The van der Waals surface area contributed by atoms with Crippen LogP contribution in [0.5, 0.6) is 0 Å². The van der Waals surface area contributed by atoms with E-state index in [0.29, 0.717) is 11.4 Å². The summed E-state index contributed by atoms with van der Waals surface area (Å²) < 4.78 is 15.5. The van der Waals surface area contributed by atoms with Crippen molar-refractivity contribution in [3.05, 3.63) is 76.0 Å². The van der Waals surface area contributed by atoms with Crippen LogP contribution in [0, 0.1) is 0 Å². The van der Waals surface area contributed by atoms with Gasteiger partial charge in [-0.05, 0) is 36.1 Å². The molecule has 138 valence electrons. The normalized spacial score (nSPS) is 14.0. The second kappa shape index (κ2) is 8.69. The SMILES string of the molecule is FC1=C(Sc2cnc(Nc3ccccn3)s2)C=CN(CCc2cccs2)C1. The monoisotopic (exact) mass is 416 g/mol. The van der Waals surface area contributed by atoms with Gasteiger partial charge in [-0.1, -0.05) is 35.2 Å². The van der Waals surface area contributed by atoms with Crippen molar-refractivity contribution < 1.29 is 4.39 Å². The highest BCUT2D eigenvalue weighted by molar-refractivity contribution is 8.05. The third-order valence-corrected chi connectivity index (χ3v) is 6.89. The van der Waals surface area contributed by atoms with Gasteiger partial charge in [0.25, 0.3) is 0 Å². The fraction of sp³-hybridized carbons (Fsp3) is 0.158. The van der Waals surface area contributed by atoms with Crippen LogP contribution in [-0.2, 0) is 6.42 Å². The molecule has 0 aliphatic carbocycles. The summed E-state index contributed by atoms with van der Waals surface area (Å²) in [5.74, 6) is 0.647. The van der Waals surface area contributed by atoms with E-state index in [2.05, 4.69) is 26.7 Å². The molecule has 3 aromatic heterocycles. The van der Waals surface area contributed by atoms with Crippen LogP contribution in [0.15, 0.2) is 75.3 Å². The summed E-state index contributed by atoms with van der Waals surface area (Å²) in [6.07, 6.45) is 8.26. The minimum atomic E-state index is -0.0960. The Labute approximate surface area is 169 Å². The van der Waals surface area contributed by atoms with Crippen molar-refractivity contribution >= 4 is 45.4 Å². The lowest BCUT2D eigenvalue weighted by Gasteiger charge is -2.23. The van der Waals surface area contributed by atoms with Crippen LogP contribution in [0.2, 0.25) is 0 Å². The molecule has 4 rings (SSSR count). The van der Waals surface area contributed by atoms with Gasteiger partial charge < -0.3 is 10.2 Å². The maximum atomic E-state index is 14.5. The Hall–Kier alpha value is -2.16. The van der Waals surface area contributed by atoms with E-state index in [9.17, 15) is 4.39 Å². The topological polar surface area (TPSA) is 41.1 Å². The number of nitrogens with one attached hydrogen (secondary N) is 1. The Morgan fingerprint density at radius 1 is 1.22 bits per heavy atom. The standard InChI is InChI=1S/C19H17FN4S3/c20-15-13-24(9-6-14-4-3-11-25-14)10-7-16(15)26-18-12-22-19(27-18)23-17-5-1-2-8-21-17/h1-5,7-8,10-12H,6,9,13H2,(H,21,22,23). The van der Waals surface area contributed by atoms with Crippen LogP contribution < -0.4 is 5.32 Å². The van der Waals surface area contributed by atoms with Crippen LogP contribution in [0.3, 0.4) is 0 Å². The van der Waals surface area contributed by atoms with Gasteiger partial charge in [0, 0.05) is 28.7 Å². The molecule has 0 spiro atoms. The number of halogens is 1. The van der Waals surface area contributed by atoms with Crippen LogP contribution in [0.1, 0.15) is 4.88 Å². The molecule has 0 amide bonds. The molecular formula is C19H17FN4S3. The van der Waals surface area contributed by atoms with Gasteiger partial charge in [-0.25, -0.2) is 14.4 Å². The average Bonchev–Trinajstić information content (AvgIpc) is 3.35. The lowest BCUT2D eigenvalue weighted by molar-refractivity contribution is 0.370. The van der Waals surface area contributed by atoms with Crippen molar-refractivity contribution in [2.45, 2.75) is 10.6 Å². The highest BCUT2D eigenvalue weighted by atomic mass is 32.2. The van der Waals surface area contributed by atoms with Crippen molar-refractivity contribution in [2.24, 2.45) is 0 Å². The number of anilines is 2. The Bertz CT molecular complexity index is 935. The molecular weight excluding hydrogens is 399 g/mol. The number of thiazole rings is 1. The summed E-state index contributed by atoms with van der Waals surface area (Å²) >= 11 is 4.64. The molecule has 0 radical (unpaired) electrons. The van der Waals surface area contributed by atoms with E-state index in [4.69, 9.17) is 0 Å². The fourth-order valence-electron chi connectivity index (χ4n) is 2.54. The fourth-order valence-corrected chi connectivity index (χ4v) is 5.10. The Balaban J connectivity index is 1.33. The molecule has 27 heavy (non-hydrogen) atoms. The molecule has 0 fully saturated rings. The summed E-state index contributed by atoms with van der Waals surface area (Å²) in [5, 5.41) is 5.97. The minimum Gasteiger partial charge on any atom is -0.370 e. The number of pyridine rings is 1. The van der Waals surface area contributed by atoms with E-state index >= 15 is 0 Å². The van der Waals surface area contributed by atoms with Crippen LogP contribution in [-0.4, -0.2) is 28.0 Å². The lowest BCUT2D eigenvalue weighted by atomic mass is 10.3. The highest BCUT2D eigenvalue weighted by Gasteiger charge is 2.16. The third-order valence-electron chi connectivity index (χ3n) is 3.87. The first-order chi connectivity index (χ1) is 13.3.